The molecule has 1 N–H and O–H groups in total. The summed E-state index contributed by atoms with van der Waals surface area (Å²) in [6.07, 6.45) is 6.74. The normalized spacial score (nSPS) is 48.0. The van der Waals surface area contributed by atoms with Crippen molar-refractivity contribution in [2.24, 2.45) is 40.4 Å². The van der Waals surface area contributed by atoms with E-state index in [0.717, 1.165) is 32.1 Å². The van der Waals surface area contributed by atoms with E-state index in [-0.39, 0.29) is 42.3 Å². The van der Waals surface area contributed by atoms with Crippen LogP contribution < -0.4 is 0 Å². The van der Waals surface area contributed by atoms with E-state index in [2.05, 4.69) is 0 Å². The number of carbonyl (C=O) groups excluding carboxylic acids is 3. The fourth-order valence-electron chi connectivity index (χ4n) is 9.21. The fourth-order valence-corrected chi connectivity index (χ4v) is 9.21. The van der Waals surface area contributed by atoms with Crippen LogP contribution in [0, 0.1) is 40.4 Å². The number of aliphatic hydroxyl groups is 1. The molecule has 0 radical (unpaired) electrons. The molecule has 0 unspecified atom stereocenters. The minimum atomic E-state index is -1.77. The third-order valence-electron chi connectivity index (χ3n) is 11.1. The number of hydrogen-bond acceptors (Lipinski definition) is 7. The van der Waals surface area contributed by atoms with Crippen molar-refractivity contribution in [2.45, 2.75) is 110 Å². The molecule has 0 amide bonds. The van der Waals surface area contributed by atoms with Gasteiger partial charge in [-0.25, -0.2) is 0 Å². The van der Waals surface area contributed by atoms with E-state index >= 15 is 0 Å². The monoisotopic (exact) mass is 543 g/mol. The Morgan fingerprint density at radius 1 is 1.23 bits per heavy atom. The zero-order chi connectivity index (χ0) is 30.5. The number of allylic oxidation sites excluding steroid dienone is 4. The summed E-state index contributed by atoms with van der Waals surface area (Å²) in [6.45, 7) is 6.14. The molecule has 0 aromatic heterocycles. The summed E-state index contributed by atoms with van der Waals surface area (Å²) in [7, 11) is 0. The average Bonchev–Trinajstić information content (AvgIpc) is 3.41. The molecule has 4 saturated carbocycles. The van der Waals surface area contributed by atoms with Gasteiger partial charge in [0.05, 0.1) is 18.1 Å². The third kappa shape index (κ3) is 3.97. The number of carbonyl (C=O) groups is 3. The van der Waals surface area contributed by atoms with E-state index in [0.29, 0.717) is 12.0 Å². The number of rotatable bonds is 5. The van der Waals surface area contributed by atoms with Crippen molar-refractivity contribution in [3.63, 3.8) is 0 Å². The number of ether oxygens (including phenoxy) is 3. The molecule has 39 heavy (non-hydrogen) atoms. The highest BCUT2D eigenvalue weighted by atomic mass is 16.7. The lowest BCUT2D eigenvalue weighted by molar-refractivity contribution is -0.210. The van der Waals surface area contributed by atoms with E-state index < -0.39 is 65.6 Å². The maximum Gasteiger partial charge on any atom is 0.308 e. The Balaban J connectivity index is 1.39. The Morgan fingerprint density at radius 3 is 2.69 bits per heavy atom. The van der Waals surface area contributed by atoms with E-state index in [9.17, 15) is 19.5 Å². The molecule has 0 spiro atoms. The van der Waals surface area contributed by atoms with Crippen LogP contribution in [0.1, 0.15) is 89.5 Å². The Bertz CT molecular complexity index is 1230. The predicted molar refractivity (Wildman–Crippen MR) is 143 cm³/mol. The van der Waals surface area contributed by atoms with Gasteiger partial charge in [-0.05, 0) is 62.5 Å². The average molecular weight is 544 g/mol. The Kier molecular flexibility index (Phi) is 5.88. The van der Waals surface area contributed by atoms with Crippen LogP contribution in [0.3, 0.4) is 0 Å². The lowest BCUT2D eigenvalue weighted by atomic mass is 9.46. The van der Waals surface area contributed by atoms with Crippen molar-refractivity contribution in [1.29, 1.82) is 0 Å². The van der Waals surface area contributed by atoms with Crippen LogP contribution >= 0.6 is 0 Å². The largest absolute Gasteiger partial charge is 0.457 e. The molecule has 5 aliphatic carbocycles. The van der Waals surface area contributed by atoms with Crippen LogP contribution in [-0.2, 0) is 28.6 Å². The molecule has 6 rings (SSSR count). The molecule has 0 bridgehead atoms. The molecule has 9 atom stereocenters. The molecule has 6 aliphatic rings. The van der Waals surface area contributed by atoms with E-state index in [4.69, 9.17) is 18.3 Å². The van der Waals surface area contributed by atoms with Gasteiger partial charge in [0.2, 0.25) is 5.78 Å². The highest BCUT2D eigenvalue weighted by Crippen LogP contribution is 2.70. The predicted octanol–water partition coefficient (Wildman–Crippen LogP) is 4.70. The van der Waals surface area contributed by atoms with Gasteiger partial charge in [-0.3, -0.25) is 14.4 Å². The van der Waals surface area contributed by atoms with Gasteiger partial charge < -0.3 is 19.3 Å². The van der Waals surface area contributed by atoms with Gasteiger partial charge in [-0.1, -0.05) is 58.6 Å². The summed E-state index contributed by atoms with van der Waals surface area (Å²) < 4.78 is 44.9. The second-order valence-electron chi connectivity index (χ2n) is 13.4. The van der Waals surface area contributed by atoms with Gasteiger partial charge in [0.1, 0.15) is 0 Å². The van der Waals surface area contributed by atoms with Gasteiger partial charge in [0.25, 0.3) is 0 Å². The number of ketones is 2. The number of hydrogen-bond donors (Lipinski definition) is 1. The maximum atomic E-state index is 14.3. The molecular weight excluding hydrogens is 496 g/mol. The Hall–Kier alpha value is -1.83. The highest BCUT2D eigenvalue weighted by Gasteiger charge is 2.76. The SMILES string of the molecule is [2H]C(C)(C)C(=O)OCC(=O)[C@@]12O[C@H](C3CCCCC3)O[C@@H]1C[C@H]1[C@@H]3CC([2H])([2H])C4=CC(=O)C=C[C@]4(C)[C@H]3[C@@H](O)C[C@@]12C. The first-order chi connectivity index (χ1) is 19.5. The first-order valence-corrected chi connectivity index (χ1v) is 14.7. The van der Waals surface area contributed by atoms with Crippen molar-refractivity contribution < 1.29 is 37.8 Å². The van der Waals surface area contributed by atoms with E-state index in [1.54, 1.807) is 6.08 Å². The summed E-state index contributed by atoms with van der Waals surface area (Å²) >= 11 is 0. The van der Waals surface area contributed by atoms with Crippen LogP contribution in [0.15, 0.2) is 23.8 Å². The first-order valence-electron chi connectivity index (χ1n) is 16.2. The van der Waals surface area contributed by atoms with Gasteiger partial charge in [-0.15, -0.1) is 0 Å². The van der Waals surface area contributed by atoms with Gasteiger partial charge in [0.15, 0.2) is 24.3 Å². The summed E-state index contributed by atoms with van der Waals surface area (Å²) in [4.78, 5) is 39.1. The molecule has 214 valence electrons. The number of Topliss-reactive ketones (excluding diaryl/α,β-unsaturated/α-hetero) is 1. The first kappa shape index (κ1) is 23.8. The van der Waals surface area contributed by atoms with Crippen molar-refractivity contribution >= 4 is 17.5 Å². The molecule has 1 heterocycles. The van der Waals surface area contributed by atoms with E-state index in [1.165, 1.54) is 26.0 Å². The minimum Gasteiger partial charge on any atom is -0.457 e. The second-order valence-corrected chi connectivity index (χ2v) is 13.4. The zero-order valence-corrected chi connectivity index (χ0v) is 23.5. The van der Waals surface area contributed by atoms with Gasteiger partial charge in [0, 0.05) is 26.8 Å². The number of fused-ring (bicyclic) bond motifs is 7. The number of aliphatic hydroxyl groups excluding tert-OH is 1. The van der Waals surface area contributed by atoms with Crippen LogP contribution in [0.5, 0.6) is 0 Å². The number of esters is 1. The van der Waals surface area contributed by atoms with Gasteiger partial charge in [-0.2, -0.15) is 0 Å². The van der Waals surface area contributed by atoms with Crippen LogP contribution in [0.2, 0.25) is 0 Å². The summed E-state index contributed by atoms with van der Waals surface area (Å²) in [5, 5.41) is 11.9. The van der Waals surface area contributed by atoms with Crippen molar-refractivity contribution in [3.05, 3.63) is 23.8 Å². The van der Waals surface area contributed by atoms with Crippen LogP contribution in [0.4, 0.5) is 0 Å². The highest BCUT2D eigenvalue weighted by molar-refractivity contribution is 6.01. The summed E-state index contributed by atoms with van der Waals surface area (Å²) in [6, 6.07) is 0. The third-order valence-corrected chi connectivity index (χ3v) is 11.1. The molecule has 1 saturated heterocycles. The molecular formula is C32H44O7. The molecule has 7 nitrogen and oxygen atoms in total. The summed E-state index contributed by atoms with van der Waals surface area (Å²) in [5.41, 5.74) is -2.83. The smallest absolute Gasteiger partial charge is 0.308 e. The zero-order valence-electron chi connectivity index (χ0n) is 26.5. The van der Waals surface area contributed by atoms with Crippen LogP contribution in [0.25, 0.3) is 0 Å². The molecule has 5 fully saturated rings. The van der Waals surface area contributed by atoms with Crippen molar-refractivity contribution in [2.75, 3.05) is 6.61 Å². The standard InChI is InChI=1S/C32H44O7/c1-18(2)28(36)37-17-25(35)32-26(38-29(39-32)19-8-6-5-7-9-19)15-23-22-11-10-20-14-21(33)12-13-30(20,3)27(22)24(34)16-31(23,32)4/h12-14,18-19,22-24,26-27,29,34H,5-11,15-17H2,1-4H3/t22-,23-,24-,26+,27+,29+,30-,31-,32+/m0/s1/i10D2,18D. The molecule has 7 heteroatoms. The minimum absolute atomic E-state index is 0.114. The topological polar surface area (TPSA) is 99.1 Å². The molecule has 1 aliphatic heterocycles. The molecule has 0 aromatic carbocycles. The van der Waals surface area contributed by atoms with Crippen molar-refractivity contribution in [3.8, 4) is 0 Å². The fraction of sp³-hybridized carbons (Fsp3) is 0.781. The Labute approximate surface area is 235 Å². The quantitative estimate of drug-likeness (QED) is 0.502. The second kappa shape index (κ2) is 9.63. The lowest BCUT2D eigenvalue weighted by Gasteiger charge is -2.59. The maximum absolute atomic E-state index is 14.3. The van der Waals surface area contributed by atoms with Crippen molar-refractivity contribution in [1.82, 2.24) is 0 Å². The molecule has 0 aromatic rings. The van der Waals surface area contributed by atoms with E-state index in [1.807, 2.05) is 13.8 Å². The van der Waals surface area contributed by atoms with Gasteiger partial charge >= 0.3 is 5.97 Å². The van der Waals surface area contributed by atoms with Crippen LogP contribution in [-0.4, -0.2) is 53.3 Å². The summed E-state index contributed by atoms with van der Waals surface area (Å²) in [5.74, 6) is -3.72. The Morgan fingerprint density at radius 2 is 1.97 bits per heavy atom. The lowest BCUT2D eigenvalue weighted by Crippen LogP contribution is -2.63.